The van der Waals surface area contributed by atoms with Gasteiger partial charge in [-0.1, -0.05) is 12.8 Å². The van der Waals surface area contributed by atoms with Crippen LogP contribution in [0.5, 0.6) is 11.6 Å². The van der Waals surface area contributed by atoms with Crippen molar-refractivity contribution in [2.45, 2.75) is 44.8 Å². The molecule has 0 atom stereocenters. The van der Waals surface area contributed by atoms with Gasteiger partial charge in [0, 0.05) is 18.2 Å². The summed E-state index contributed by atoms with van der Waals surface area (Å²) in [5.74, 6) is 1.66. The molecule has 3 heterocycles. The molecule has 1 aliphatic carbocycles. The molecule has 0 bridgehead atoms. The highest BCUT2D eigenvalue weighted by molar-refractivity contribution is 5.98. The van der Waals surface area contributed by atoms with E-state index in [0.29, 0.717) is 42.3 Å². The maximum absolute atomic E-state index is 12.9. The molecule has 1 fully saturated rings. The number of nitrogens with one attached hydrogen (secondary N) is 1. The van der Waals surface area contributed by atoms with E-state index in [0.717, 1.165) is 24.1 Å². The first-order valence-corrected chi connectivity index (χ1v) is 9.17. The van der Waals surface area contributed by atoms with Gasteiger partial charge in [0.15, 0.2) is 5.75 Å². The van der Waals surface area contributed by atoms with Gasteiger partial charge in [-0.05, 0) is 18.9 Å². The van der Waals surface area contributed by atoms with Gasteiger partial charge in [-0.2, -0.15) is 0 Å². The van der Waals surface area contributed by atoms with Crippen molar-refractivity contribution in [2.24, 2.45) is 0 Å². The second-order valence-electron chi connectivity index (χ2n) is 6.82. The van der Waals surface area contributed by atoms with E-state index in [9.17, 15) is 4.79 Å². The number of amides is 1. The maximum Gasteiger partial charge on any atom is 0.256 e. The van der Waals surface area contributed by atoms with E-state index in [4.69, 9.17) is 9.47 Å². The van der Waals surface area contributed by atoms with E-state index >= 15 is 0 Å². The van der Waals surface area contributed by atoms with Crippen LogP contribution < -0.4 is 14.8 Å². The third-order valence-corrected chi connectivity index (χ3v) is 5.21. The molecule has 1 saturated carbocycles. The number of hydrogen-bond acceptors (Lipinski definition) is 7. The smallest absolute Gasteiger partial charge is 0.256 e. The summed E-state index contributed by atoms with van der Waals surface area (Å²) in [6.07, 6.45) is 7.74. The topological polar surface area (TPSA) is 89.5 Å². The molecule has 0 saturated heterocycles. The Morgan fingerprint density at radius 3 is 2.59 bits per heavy atom. The molecule has 2 aliphatic rings. The molecule has 27 heavy (non-hydrogen) atoms. The van der Waals surface area contributed by atoms with E-state index < -0.39 is 0 Å². The average Bonchev–Trinajstić information content (AvgIpc) is 3.34. The third kappa shape index (κ3) is 3.39. The minimum Gasteiger partial charge on any atom is -0.494 e. The number of methoxy groups -OCH3 is 2. The van der Waals surface area contributed by atoms with Crippen molar-refractivity contribution in [2.75, 3.05) is 19.5 Å². The fourth-order valence-electron chi connectivity index (χ4n) is 3.77. The van der Waals surface area contributed by atoms with E-state index in [1.54, 1.807) is 26.6 Å². The minimum atomic E-state index is 0.0778. The molecule has 142 valence electrons. The normalized spacial score (nSPS) is 16.5. The highest BCUT2D eigenvalue weighted by Gasteiger charge is 2.35. The molecule has 2 aromatic rings. The summed E-state index contributed by atoms with van der Waals surface area (Å²) in [7, 11) is 3.16. The van der Waals surface area contributed by atoms with Gasteiger partial charge >= 0.3 is 0 Å². The highest BCUT2D eigenvalue weighted by Crippen LogP contribution is 2.33. The Morgan fingerprint density at radius 1 is 1.19 bits per heavy atom. The van der Waals surface area contributed by atoms with Crippen LogP contribution in [0.4, 0.5) is 5.95 Å². The fraction of sp³-hybridized carbons (Fsp3) is 0.474. The number of ether oxygens (including phenoxy) is 2. The van der Waals surface area contributed by atoms with Crippen molar-refractivity contribution in [1.29, 1.82) is 0 Å². The van der Waals surface area contributed by atoms with Gasteiger partial charge in [0.05, 0.1) is 44.4 Å². The second-order valence-corrected chi connectivity index (χ2v) is 6.82. The summed E-state index contributed by atoms with van der Waals surface area (Å²) in [5, 5.41) is 3.14. The van der Waals surface area contributed by atoms with E-state index in [1.165, 1.54) is 12.8 Å². The molecule has 1 aliphatic heterocycles. The lowest BCUT2D eigenvalue weighted by Gasteiger charge is -2.22. The summed E-state index contributed by atoms with van der Waals surface area (Å²) in [6, 6.07) is 2.22. The summed E-state index contributed by atoms with van der Waals surface area (Å²) < 4.78 is 10.5. The fourth-order valence-corrected chi connectivity index (χ4v) is 3.77. The van der Waals surface area contributed by atoms with Crippen LogP contribution in [-0.2, 0) is 13.1 Å². The van der Waals surface area contributed by atoms with Crippen molar-refractivity contribution in [3.05, 3.63) is 35.3 Å². The number of pyridine rings is 1. The lowest BCUT2D eigenvalue weighted by molar-refractivity contribution is 0.0706. The third-order valence-electron chi connectivity index (χ3n) is 5.21. The molecule has 1 amide bonds. The van der Waals surface area contributed by atoms with E-state index in [1.807, 2.05) is 11.0 Å². The summed E-state index contributed by atoms with van der Waals surface area (Å²) in [6.45, 7) is 0.983. The first-order chi connectivity index (χ1) is 13.2. The van der Waals surface area contributed by atoms with Crippen LogP contribution in [0.3, 0.4) is 0 Å². The largest absolute Gasteiger partial charge is 0.494 e. The summed E-state index contributed by atoms with van der Waals surface area (Å²) in [4.78, 5) is 27.8. The van der Waals surface area contributed by atoms with Gasteiger partial charge < -0.3 is 19.7 Å². The quantitative estimate of drug-likeness (QED) is 0.836. The predicted octanol–water partition coefficient (Wildman–Crippen LogP) is 2.40. The summed E-state index contributed by atoms with van der Waals surface area (Å²) >= 11 is 0. The zero-order valence-corrected chi connectivity index (χ0v) is 15.6. The number of fused-ring (bicyclic) bond motifs is 1. The molecule has 2 aromatic heterocycles. The average molecular weight is 369 g/mol. The first-order valence-electron chi connectivity index (χ1n) is 9.17. The monoisotopic (exact) mass is 369 g/mol. The van der Waals surface area contributed by atoms with Crippen molar-refractivity contribution in [1.82, 2.24) is 19.9 Å². The second kappa shape index (κ2) is 7.38. The number of aromatic nitrogens is 3. The molecule has 0 aromatic carbocycles. The van der Waals surface area contributed by atoms with E-state index in [2.05, 4.69) is 20.3 Å². The SMILES string of the molecule is COc1cnc(NCc2cc3c(nc2OC)CN(C2CCCC2)C3=O)nc1. The van der Waals surface area contributed by atoms with Crippen LogP contribution in [0.15, 0.2) is 18.5 Å². The number of nitrogens with zero attached hydrogens (tertiary/aromatic N) is 4. The minimum absolute atomic E-state index is 0.0778. The molecule has 0 radical (unpaired) electrons. The molecule has 0 unspecified atom stereocenters. The van der Waals surface area contributed by atoms with Gasteiger partial charge in [0.1, 0.15) is 0 Å². The van der Waals surface area contributed by atoms with Gasteiger partial charge in [0.2, 0.25) is 11.8 Å². The number of carbonyl (C=O) groups excluding carboxylic acids is 1. The predicted molar refractivity (Wildman–Crippen MR) is 98.8 cm³/mol. The van der Waals surface area contributed by atoms with Crippen molar-refractivity contribution < 1.29 is 14.3 Å². The van der Waals surface area contributed by atoms with Crippen LogP contribution in [0.25, 0.3) is 0 Å². The van der Waals surface area contributed by atoms with E-state index in [-0.39, 0.29) is 5.91 Å². The maximum atomic E-state index is 12.9. The molecular weight excluding hydrogens is 346 g/mol. The number of rotatable bonds is 6. The van der Waals surface area contributed by atoms with Crippen LogP contribution in [0.1, 0.15) is 47.3 Å². The molecule has 8 nitrogen and oxygen atoms in total. The Balaban J connectivity index is 1.53. The molecule has 8 heteroatoms. The standard InChI is InChI=1S/C19H23N5O3/c1-26-14-9-21-19(22-10-14)20-8-12-7-15-16(23-17(12)27-2)11-24(18(15)25)13-5-3-4-6-13/h7,9-10,13H,3-6,8,11H2,1-2H3,(H,20,21,22). The molecule has 4 rings (SSSR count). The highest BCUT2D eigenvalue weighted by atomic mass is 16.5. The lowest BCUT2D eigenvalue weighted by Crippen LogP contribution is -2.33. The Labute approximate surface area is 157 Å². The molecular formula is C19H23N5O3. The van der Waals surface area contributed by atoms with Gasteiger partial charge in [-0.15, -0.1) is 0 Å². The van der Waals surface area contributed by atoms with Gasteiger partial charge in [-0.25, -0.2) is 15.0 Å². The van der Waals surface area contributed by atoms with Gasteiger partial charge in [-0.3, -0.25) is 4.79 Å². The first kappa shape index (κ1) is 17.5. The Bertz CT molecular complexity index is 834. The van der Waals surface area contributed by atoms with Crippen molar-refractivity contribution in [3.8, 4) is 11.6 Å². The zero-order valence-electron chi connectivity index (χ0n) is 15.6. The Morgan fingerprint density at radius 2 is 1.93 bits per heavy atom. The summed E-state index contributed by atoms with van der Waals surface area (Å²) in [5.41, 5.74) is 2.28. The van der Waals surface area contributed by atoms with Crippen LogP contribution in [0, 0.1) is 0 Å². The molecule has 0 spiro atoms. The Kier molecular flexibility index (Phi) is 4.79. The number of anilines is 1. The Hall–Kier alpha value is -2.90. The van der Waals surface area contributed by atoms with Gasteiger partial charge in [0.25, 0.3) is 5.91 Å². The lowest BCUT2D eigenvalue weighted by atomic mass is 10.1. The van der Waals surface area contributed by atoms with Crippen LogP contribution >= 0.6 is 0 Å². The van der Waals surface area contributed by atoms with Crippen molar-refractivity contribution in [3.63, 3.8) is 0 Å². The number of hydrogen-bond donors (Lipinski definition) is 1. The zero-order chi connectivity index (χ0) is 18.8. The number of carbonyl (C=O) groups is 1. The van der Waals surface area contributed by atoms with Crippen LogP contribution in [-0.4, -0.2) is 46.0 Å². The van der Waals surface area contributed by atoms with Crippen LogP contribution in [0.2, 0.25) is 0 Å². The molecule has 1 N–H and O–H groups in total. The van der Waals surface area contributed by atoms with Crippen molar-refractivity contribution >= 4 is 11.9 Å².